The molecule has 0 unspecified atom stereocenters. The number of sulfonamides is 1. The number of carbonyl (C=O) groups is 1. The lowest BCUT2D eigenvalue weighted by Crippen LogP contribution is -2.22. The maximum atomic E-state index is 12.3. The van der Waals surface area contributed by atoms with Gasteiger partial charge in [-0.15, -0.1) is 0 Å². The minimum Gasteiger partial charge on any atom is -0.489 e. The Labute approximate surface area is 166 Å². The minimum atomic E-state index is -3.51. The molecule has 0 aliphatic heterocycles. The Morgan fingerprint density at radius 3 is 2.46 bits per heavy atom. The van der Waals surface area contributed by atoms with Gasteiger partial charge in [0.15, 0.2) is 0 Å². The first-order chi connectivity index (χ1) is 13.1. The van der Waals surface area contributed by atoms with Gasteiger partial charge in [-0.1, -0.05) is 12.1 Å². The highest BCUT2D eigenvalue weighted by atomic mass is 32.2. The van der Waals surface area contributed by atoms with Crippen LogP contribution in [0, 0.1) is 0 Å². The lowest BCUT2D eigenvalue weighted by molar-refractivity contribution is 0.0600. The van der Waals surface area contributed by atoms with Crippen molar-refractivity contribution in [3.8, 4) is 5.75 Å². The van der Waals surface area contributed by atoms with Gasteiger partial charge in [-0.05, 0) is 49.7 Å². The maximum Gasteiger partial charge on any atom is 0.337 e. The second-order valence-corrected chi connectivity index (χ2v) is 8.81. The molecule has 0 radical (unpaired) electrons. The first-order valence-electron chi connectivity index (χ1n) is 8.79. The van der Waals surface area contributed by atoms with Crippen molar-refractivity contribution in [2.24, 2.45) is 0 Å². The van der Waals surface area contributed by atoms with Crippen LogP contribution < -0.4 is 10.1 Å². The molecule has 2 rings (SSSR count). The van der Waals surface area contributed by atoms with Gasteiger partial charge >= 0.3 is 5.97 Å². The summed E-state index contributed by atoms with van der Waals surface area (Å²) >= 11 is 0. The Hall–Kier alpha value is -2.58. The Bertz CT molecular complexity index is 939. The van der Waals surface area contributed by atoms with Crippen LogP contribution in [0.4, 0.5) is 5.69 Å². The summed E-state index contributed by atoms with van der Waals surface area (Å²) in [4.78, 5) is 12.1. The van der Waals surface area contributed by atoms with Crippen molar-refractivity contribution in [3.63, 3.8) is 0 Å². The summed E-state index contributed by atoms with van der Waals surface area (Å²) in [5.41, 5.74) is 1.80. The zero-order chi connectivity index (χ0) is 20.9. The Balaban J connectivity index is 2.29. The third-order valence-corrected chi connectivity index (χ3v) is 5.73. The van der Waals surface area contributed by atoms with Crippen LogP contribution in [0.2, 0.25) is 0 Å². The summed E-state index contributed by atoms with van der Waals surface area (Å²) < 4.78 is 36.4. The van der Waals surface area contributed by atoms with Crippen molar-refractivity contribution in [1.82, 2.24) is 4.31 Å². The molecule has 1 N–H and O–H groups in total. The molecule has 0 saturated carbocycles. The van der Waals surface area contributed by atoms with Crippen LogP contribution >= 0.6 is 0 Å². The van der Waals surface area contributed by atoms with Gasteiger partial charge < -0.3 is 14.8 Å². The van der Waals surface area contributed by atoms with Crippen molar-refractivity contribution < 1.29 is 22.7 Å². The molecule has 0 spiro atoms. The number of anilines is 1. The minimum absolute atomic E-state index is 0.0434. The van der Waals surface area contributed by atoms with E-state index in [-0.39, 0.29) is 11.0 Å². The summed E-state index contributed by atoms with van der Waals surface area (Å²) in [7, 11) is 0.804. The zero-order valence-corrected chi connectivity index (χ0v) is 17.5. The van der Waals surface area contributed by atoms with E-state index >= 15 is 0 Å². The van der Waals surface area contributed by atoms with Crippen LogP contribution in [0.5, 0.6) is 5.75 Å². The molecule has 0 fully saturated rings. The van der Waals surface area contributed by atoms with Gasteiger partial charge in [0.1, 0.15) is 5.75 Å². The molecule has 2 aromatic rings. The topological polar surface area (TPSA) is 84.9 Å². The molecule has 0 aliphatic rings. The highest BCUT2D eigenvalue weighted by Crippen LogP contribution is 2.28. The van der Waals surface area contributed by atoms with E-state index in [0.29, 0.717) is 23.5 Å². The normalized spacial score (nSPS) is 11.5. The zero-order valence-electron chi connectivity index (χ0n) is 16.7. The van der Waals surface area contributed by atoms with Crippen molar-refractivity contribution in [3.05, 3.63) is 53.6 Å². The predicted molar refractivity (Wildman–Crippen MR) is 108 cm³/mol. The SMILES string of the molecule is COC(=O)c1ccc(OC(C)C)c(NCc2cccc(S(=O)(=O)N(C)C)c2)c1. The molecular weight excluding hydrogens is 380 g/mol. The van der Waals surface area contributed by atoms with Gasteiger partial charge in [-0.2, -0.15) is 0 Å². The number of rotatable bonds is 8. The number of benzene rings is 2. The van der Waals surface area contributed by atoms with Gasteiger partial charge in [0.25, 0.3) is 0 Å². The monoisotopic (exact) mass is 406 g/mol. The Morgan fingerprint density at radius 1 is 1.14 bits per heavy atom. The number of ether oxygens (including phenoxy) is 2. The van der Waals surface area contributed by atoms with Crippen LogP contribution in [0.3, 0.4) is 0 Å². The number of esters is 1. The van der Waals surface area contributed by atoms with Crippen molar-refractivity contribution >= 4 is 21.7 Å². The van der Waals surface area contributed by atoms with Gasteiger partial charge in [-0.25, -0.2) is 17.5 Å². The number of hydrogen-bond acceptors (Lipinski definition) is 6. The maximum absolute atomic E-state index is 12.3. The molecular formula is C20H26N2O5S. The van der Waals surface area contributed by atoms with E-state index in [4.69, 9.17) is 9.47 Å². The predicted octanol–water partition coefficient (Wildman–Crippen LogP) is 3.12. The van der Waals surface area contributed by atoms with E-state index < -0.39 is 16.0 Å². The van der Waals surface area contributed by atoms with E-state index in [2.05, 4.69) is 5.32 Å². The molecule has 0 aromatic heterocycles. The van der Waals surface area contributed by atoms with Gasteiger partial charge in [0.2, 0.25) is 10.0 Å². The molecule has 7 nitrogen and oxygen atoms in total. The van der Waals surface area contributed by atoms with Crippen LogP contribution in [0.1, 0.15) is 29.8 Å². The van der Waals surface area contributed by atoms with Crippen LogP contribution in [-0.4, -0.2) is 46.0 Å². The lowest BCUT2D eigenvalue weighted by atomic mass is 10.1. The highest BCUT2D eigenvalue weighted by molar-refractivity contribution is 7.89. The molecule has 0 atom stereocenters. The molecule has 0 amide bonds. The molecule has 0 bridgehead atoms. The van der Waals surface area contributed by atoms with Gasteiger partial charge in [0.05, 0.1) is 29.4 Å². The van der Waals surface area contributed by atoms with Crippen LogP contribution in [0.25, 0.3) is 0 Å². The molecule has 152 valence electrons. The molecule has 0 saturated heterocycles. The average Bonchev–Trinajstić information content (AvgIpc) is 2.66. The molecule has 8 heteroatoms. The second kappa shape index (κ2) is 9.07. The lowest BCUT2D eigenvalue weighted by Gasteiger charge is -2.17. The number of hydrogen-bond donors (Lipinski definition) is 1. The van der Waals surface area contributed by atoms with Crippen molar-refractivity contribution in [1.29, 1.82) is 0 Å². The van der Waals surface area contributed by atoms with Crippen LogP contribution in [0.15, 0.2) is 47.4 Å². The molecule has 28 heavy (non-hydrogen) atoms. The van der Waals surface area contributed by atoms with Crippen molar-refractivity contribution in [2.45, 2.75) is 31.4 Å². The summed E-state index contributed by atoms with van der Waals surface area (Å²) in [6.45, 7) is 4.18. The Morgan fingerprint density at radius 2 is 1.86 bits per heavy atom. The highest BCUT2D eigenvalue weighted by Gasteiger charge is 2.17. The number of methoxy groups -OCH3 is 1. The largest absolute Gasteiger partial charge is 0.489 e. The van der Waals surface area contributed by atoms with E-state index in [1.807, 2.05) is 19.9 Å². The second-order valence-electron chi connectivity index (χ2n) is 6.66. The summed E-state index contributed by atoms with van der Waals surface area (Å²) in [5, 5.41) is 3.22. The average molecular weight is 407 g/mol. The van der Waals surface area contributed by atoms with Crippen LogP contribution in [-0.2, 0) is 21.3 Å². The fraction of sp³-hybridized carbons (Fsp3) is 0.350. The van der Waals surface area contributed by atoms with E-state index in [0.717, 1.165) is 5.56 Å². The van der Waals surface area contributed by atoms with Gasteiger partial charge in [-0.3, -0.25) is 0 Å². The fourth-order valence-corrected chi connectivity index (χ4v) is 3.47. The number of nitrogens with zero attached hydrogens (tertiary/aromatic N) is 1. The standard InChI is InChI=1S/C20H26N2O5S/c1-14(2)27-19-10-9-16(20(23)26-5)12-18(19)21-13-15-7-6-8-17(11-15)28(24,25)22(3)4/h6-12,14,21H,13H2,1-5H3. The first kappa shape index (κ1) is 21.7. The Kier molecular flexibility index (Phi) is 7.04. The summed E-state index contributed by atoms with van der Waals surface area (Å²) in [5.74, 6) is 0.151. The van der Waals surface area contributed by atoms with E-state index in [1.165, 1.54) is 25.5 Å². The summed E-state index contributed by atoms with van der Waals surface area (Å²) in [6, 6.07) is 11.7. The molecule has 0 heterocycles. The van der Waals surface area contributed by atoms with E-state index in [9.17, 15) is 13.2 Å². The quantitative estimate of drug-likeness (QED) is 0.678. The number of carbonyl (C=O) groups excluding carboxylic acids is 1. The van der Waals surface area contributed by atoms with Crippen molar-refractivity contribution in [2.75, 3.05) is 26.5 Å². The molecule has 2 aromatic carbocycles. The first-order valence-corrected chi connectivity index (χ1v) is 10.2. The smallest absolute Gasteiger partial charge is 0.337 e. The van der Waals surface area contributed by atoms with E-state index in [1.54, 1.807) is 36.4 Å². The molecule has 0 aliphatic carbocycles. The summed E-state index contributed by atoms with van der Waals surface area (Å²) in [6.07, 6.45) is -0.0434. The number of nitrogens with one attached hydrogen (secondary N) is 1. The third kappa shape index (κ3) is 5.24. The van der Waals surface area contributed by atoms with Gasteiger partial charge in [0, 0.05) is 20.6 Å². The third-order valence-electron chi connectivity index (χ3n) is 3.92. The fourth-order valence-electron chi connectivity index (χ4n) is 2.49.